The Kier molecular flexibility index (Phi) is 7.77. The molecule has 0 heterocycles. The second-order valence-corrected chi connectivity index (χ2v) is 7.09. The van der Waals surface area contributed by atoms with Gasteiger partial charge in [-0.05, 0) is 35.4 Å². The Hall–Kier alpha value is -4.18. The summed E-state index contributed by atoms with van der Waals surface area (Å²) < 4.78 is 11.1. The lowest BCUT2D eigenvalue weighted by Crippen LogP contribution is -2.00. The van der Waals surface area contributed by atoms with Gasteiger partial charge < -0.3 is 14.3 Å². The number of ether oxygens (including phenoxy) is 2. The van der Waals surface area contributed by atoms with E-state index in [0.717, 1.165) is 5.56 Å². The zero-order valence-electron chi connectivity index (χ0n) is 17.3. The van der Waals surface area contributed by atoms with Crippen molar-refractivity contribution in [2.75, 3.05) is 7.11 Å². The van der Waals surface area contributed by atoms with Crippen LogP contribution in [0.2, 0.25) is 5.02 Å². The molecule has 0 atom stereocenters. The normalized spacial score (nSPS) is 10.7. The second kappa shape index (κ2) is 10.9. The van der Waals surface area contributed by atoms with Crippen LogP contribution in [0.1, 0.15) is 16.7 Å². The van der Waals surface area contributed by atoms with Gasteiger partial charge in [-0.25, -0.2) is 0 Å². The summed E-state index contributed by atoms with van der Waals surface area (Å²) in [6.45, 7) is 0.188. The van der Waals surface area contributed by atoms with E-state index in [1.807, 2.05) is 0 Å². The number of halogens is 1. The van der Waals surface area contributed by atoms with Crippen molar-refractivity contribution in [2.45, 2.75) is 13.2 Å². The monoisotopic (exact) mass is 471 g/mol. The number of hydrogen-bond acceptors (Lipinski definition) is 8. The van der Waals surface area contributed by atoms with Gasteiger partial charge in [0.2, 0.25) is 0 Å². The summed E-state index contributed by atoms with van der Waals surface area (Å²) in [7, 11) is 1.46. The minimum absolute atomic E-state index is 0.00860. The van der Waals surface area contributed by atoms with Crippen LogP contribution in [0.3, 0.4) is 0 Å². The Morgan fingerprint density at radius 3 is 2.33 bits per heavy atom. The Morgan fingerprint density at radius 2 is 1.67 bits per heavy atom. The first-order valence-electron chi connectivity index (χ1n) is 9.49. The fourth-order valence-corrected chi connectivity index (χ4v) is 3.07. The van der Waals surface area contributed by atoms with E-state index in [1.165, 1.54) is 37.6 Å². The standard InChI is InChI=1S/C22H18ClN3O7/c1-31-21-11-17(12-24-33-14-16-3-2-4-19(9-16)26(29)30)10-20(23)22(21)32-13-15-5-7-18(8-6-15)25(27)28/h2-12H,13-14H2,1H3/b24-12-. The predicted molar refractivity (Wildman–Crippen MR) is 121 cm³/mol. The van der Waals surface area contributed by atoms with Crippen LogP contribution < -0.4 is 9.47 Å². The fourth-order valence-electron chi connectivity index (χ4n) is 2.79. The molecule has 10 nitrogen and oxygen atoms in total. The highest BCUT2D eigenvalue weighted by Crippen LogP contribution is 2.36. The quantitative estimate of drug-likeness (QED) is 0.223. The molecule has 3 rings (SSSR count). The Morgan fingerprint density at radius 1 is 0.939 bits per heavy atom. The van der Waals surface area contributed by atoms with Gasteiger partial charge in [-0.15, -0.1) is 0 Å². The molecule has 170 valence electrons. The van der Waals surface area contributed by atoms with Gasteiger partial charge in [0.1, 0.15) is 13.2 Å². The number of benzene rings is 3. The summed E-state index contributed by atoms with van der Waals surface area (Å²) >= 11 is 6.34. The maximum Gasteiger partial charge on any atom is 0.269 e. The van der Waals surface area contributed by atoms with E-state index in [4.69, 9.17) is 25.9 Å². The zero-order valence-corrected chi connectivity index (χ0v) is 18.1. The minimum Gasteiger partial charge on any atom is -0.493 e. The number of rotatable bonds is 10. The molecule has 0 saturated heterocycles. The molecular weight excluding hydrogens is 454 g/mol. The molecule has 0 spiro atoms. The van der Waals surface area contributed by atoms with Crippen LogP contribution in [0.5, 0.6) is 11.5 Å². The molecule has 0 aliphatic carbocycles. The van der Waals surface area contributed by atoms with Crippen LogP contribution in [0.4, 0.5) is 11.4 Å². The Labute approximate surface area is 193 Å². The molecule has 0 aliphatic rings. The van der Waals surface area contributed by atoms with Crippen LogP contribution in [-0.2, 0) is 18.1 Å². The summed E-state index contributed by atoms with van der Waals surface area (Å²) in [4.78, 5) is 25.8. The molecule has 3 aromatic rings. The van der Waals surface area contributed by atoms with E-state index in [1.54, 1.807) is 36.4 Å². The molecule has 0 unspecified atom stereocenters. The number of methoxy groups -OCH3 is 1. The first-order chi connectivity index (χ1) is 15.9. The van der Waals surface area contributed by atoms with Crippen molar-refractivity contribution in [3.63, 3.8) is 0 Å². The van der Waals surface area contributed by atoms with Crippen molar-refractivity contribution in [1.82, 2.24) is 0 Å². The Balaban J connectivity index is 1.63. The summed E-state index contributed by atoms with van der Waals surface area (Å²) in [6, 6.07) is 15.3. The molecular formula is C22H18ClN3O7. The molecule has 3 aromatic carbocycles. The highest BCUT2D eigenvalue weighted by atomic mass is 35.5. The third kappa shape index (κ3) is 6.40. The first kappa shape index (κ1) is 23.5. The van der Waals surface area contributed by atoms with Crippen molar-refractivity contribution in [2.24, 2.45) is 5.16 Å². The predicted octanol–water partition coefficient (Wildman–Crippen LogP) is 5.29. The van der Waals surface area contributed by atoms with Crippen LogP contribution >= 0.6 is 11.6 Å². The maximum absolute atomic E-state index is 10.8. The number of oxime groups is 1. The molecule has 0 aromatic heterocycles. The molecule has 11 heteroatoms. The average molecular weight is 472 g/mol. The number of nitro benzene ring substituents is 2. The van der Waals surface area contributed by atoms with Gasteiger partial charge in [0.05, 0.1) is 28.2 Å². The van der Waals surface area contributed by atoms with Crippen LogP contribution in [-0.4, -0.2) is 23.2 Å². The zero-order chi connectivity index (χ0) is 23.8. The van der Waals surface area contributed by atoms with Gasteiger partial charge in [-0.2, -0.15) is 0 Å². The van der Waals surface area contributed by atoms with Crippen molar-refractivity contribution in [1.29, 1.82) is 0 Å². The van der Waals surface area contributed by atoms with Gasteiger partial charge in [0.25, 0.3) is 11.4 Å². The summed E-state index contributed by atoms with van der Waals surface area (Å²) in [5, 5.41) is 25.7. The van der Waals surface area contributed by atoms with Crippen molar-refractivity contribution >= 4 is 29.2 Å². The van der Waals surface area contributed by atoms with E-state index in [9.17, 15) is 20.2 Å². The third-order valence-electron chi connectivity index (χ3n) is 4.41. The van der Waals surface area contributed by atoms with Crippen molar-refractivity contribution in [3.05, 3.63) is 103 Å². The molecule has 0 saturated carbocycles. The Bertz CT molecular complexity index is 1180. The molecule has 0 bridgehead atoms. The number of nitrogens with zero attached hydrogens (tertiary/aromatic N) is 3. The summed E-state index contributed by atoms with van der Waals surface area (Å²) in [5.74, 6) is 0.678. The van der Waals surface area contributed by atoms with Gasteiger partial charge in [-0.3, -0.25) is 20.2 Å². The van der Waals surface area contributed by atoms with E-state index >= 15 is 0 Å². The van der Waals surface area contributed by atoms with Gasteiger partial charge in [0.15, 0.2) is 11.5 Å². The lowest BCUT2D eigenvalue weighted by molar-refractivity contribution is -0.385. The van der Waals surface area contributed by atoms with E-state index in [-0.39, 0.29) is 29.6 Å². The van der Waals surface area contributed by atoms with Crippen LogP contribution in [0.15, 0.2) is 65.8 Å². The molecule has 0 amide bonds. The maximum atomic E-state index is 10.8. The van der Waals surface area contributed by atoms with Crippen molar-refractivity contribution in [3.8, 4) is 11.5 Å². The highest BCUT2D eigenvalue weighted by Gasteiger charge is 2.13. The van der Waals surface area contributed by atoms with E-state index in [0.29, 0.717) is 22.6 Å². The van der Waals surface area contributed by atoms with E-state index in [2.05, 4.69) is 5.16 Å². The van der Waals surface area contributed by atoms with E-state index < -0.39 is 9.85 Å². The first-order valence-corrected chi connectivity index (χ1v) is 9.87. The fraction of sp³-hybridized carbons (Fsp3) is 0.136. The number of hydrogen-bond donors (Lipinski definition) is 0. The van der Waals surface area contributed by atoms with Gasteiger partial charge in [-0.1, -0.05) is 28.9 Å². The SMILES string of the molecule is COc1cc(/C=N\OCc2cccc([N+](=O)[O-])c2)cc(Cl)c1OCc1ccc([N+](=O)[O-])cc1. The molecule has 33 heavy (non-hydrogen) atoms. The lowest BCUT2D eigenvalue weighted by atomic mass is 10.2. The molecule has 0 aliphatic heterocycles. The minimum atomic E-state index is -0.480. The number of non-ortho nitro benzene ring substituents is 2. The lowest BCUT2D eigenvalue weighted by Gasteiger charge is -2.13. The van der Waals surface area contributed by atoms with Gasteiger partial charge >= 0.3 is 0 Å². The molecule has 0 N–H and O–H groups in total. The largest absolute Gasteiger partial charge is 0.493 e. The van der Waals surface area contributed by atoms with Crippen molar-refractivity contribution < 1.29 is 24.2 Å². The summed E-state index contributed by atoms with van der Waals surface area (Å²) in [5.41, 5.74) is 1.87. The molecule has 0 radical (unpaired) electrons. The average Bonchev–Trinajstić information content (AvgIpc) is 2.81. The third-order valence-corrected chi connectivity index (χ3v) is 4.69. The van der Waals surface area contributed by atoms with Crippen LogP contribution in [0.25, 0.3) is 0 Å². The molecule has 0 fully saturated rings. The van der Waals surface area contributed by atoms with Crippen LogP contribution in [0, 0.1) is 20.2 Å². The topological polar surface area (TPSA) is 126 Å². The second-order valence-electron chi connectivity index (χ2n) is 6.68. The summed E-state index contributed by atoms with van der Waals surface area (Å²) in [6.07, 6.45) is 1.42. The smallest absolute Gasteiger partial charge is 0.269 e. The van der Waals surface area contributed by atoms with Gasteiger partial charge in [0, 0.05) is 29.8 Å². The highest BCUT2D eigenvalue weighted by molar-refractivity contribution is 6.32. The number of nitro groups is 2.